The Morgan fingerprint density at radius 1 is 1.67 bits per heavy atom. The molecule has 0 bridgehead atoms. The summed E-state index contributed by atoms with van der Waals surface area (Å²) < 4.78 is 6.82. The van der Waals surface area contributed by atoms with E-state index in [9.17, 15) is 14.7 Å². The van der Waals surface area contributed by atoms with Gasteiger partial charge in [0.15, 0.2) is 11.2 Å². The number of nitrogens with zero attached hydrogens (tertiary/aromatic N) is 3. The van der Waals surface area contributed by atoms with Gasteiger partial charge in [0.1, 0.15) is 12.9 Å². The van der Waals surface area contributed by atoms with Crippen LogP contribution in [0.3, 0.4) is 0 Å². The molecule has 0 spiro atoms. The third-order valence-electron chi connectivity index (χ3n) is 4.10. The van der Waals surface area contributed by atoms with E-state index in [1.54, 1.807) is 24.6 Å². The van der Waals surface area contributed by atoms with E-state index in [1.165, 1.54) is 6.33 Å². The second-order valence-electron chi connectivity index (χ2n) is 6.31. The Labute approximate surface area is 138 Å². The number of nitrogens with one attached hydrogen (secondary N) is 1. The molecule has 2 aromatic heterocycles. The summed E-state index contributed by atoms with van der Waals surface area (Å²) in [4.78, 5) is 33.9. The molecular weight excluding hydrogens is 314 g/mol. The average Bonchev–Trinajstić information content (AvgIpc) is 3.07. The van der Waals surface area contributed by atoms with Gasteiger partial charge in [-0.15, -0.1) is 0 Å². The third-order valence-corrected chi connectivity index (χ3v) is 4.10. The van der Waals surface area contributed by atoms with Crippen LogP contribution in [-0.4, -0.2) is 43.8 Å². The smallest absolute Gasteiger partial charge is 0.308 e. The summed E-state index contributed by atoms with van der Waals surface area (Å²) in [6.45, 7) is 3.49. The van der Waals surface area contributed by atoms with Crippen LogP contribution in [0.25, 0.3) is 17.4 Å². The summed E-state index contributed by atoms with van der Waals surface area (Å²) in [6.07, 6.45) is 3.79. The van der Waals surface area contributed by atoms with E-state index in [-0.39, 0.29) is 38.0 Å². The molecule has 1 aliphatic carbocycles. The Morgan fingerprint density at radius 2 is 2.42 bits per heavy atom. The molecule has 2 heterocycles. The Kier molecular flexibility index (Phi) is 3.88. The SMILES string of the molecule is CC(C)C(=O)OCC1(CO)C/C1=C/n1cnc2c(=O)[nH]c(N)nc21.[HH]. The molecule has 1 aliphatic rings. The van der Waals surface area contributed by atoms with Gasteiger partial charge in [-0.25, -0.2) is 4.98 Å². The molecule has 0 aromatic carbocycles. The molecule has 1 saturated carbocycles. The molecule has 9 heteroatoms. The number of ether oxygens (including phenoxy) is 1. The molecule has 0 amide bonds. The van der Waals surface area contributed by atoms with Crippen LogP contribution in [0.4, 0.5) is 5.95 Å². The Balaban J connectivity index is 0.00000225. The van der Waals surface area contributed by atoms with Crippen molar-refractivity contribution in [2.45, 2.75) is 20.3 Å². The predicted molar refractivity (Wildman–Crippen MR) is 88.9 cm³/mol. The quantitative estimate of drug-likeness (QED) is 0.671. The molecule has 1 fully saturated rings. The van der Waals surface area contributed by atoms with Crippen LogP contribution in [0.2, 0.25) is 0 Å². The molecule has 9 nitrogen and oxygen atoms in total. The highest BCUT2D eigenvalue weighted by Gasteiger charge is 2.50. The van der Waals surface area contributed by atoms with Crippen LogP contribution in [-0.2, 0) is 9.53 Å². The predicted octanol–water partition coefficient (Wildman–Crippen LogP) is 0.370. The number of nitrogens with two attached hydrogens (primary N) is 1. The van der Waals surface area contributed by atoms with Crippen molar-refractivity contribution in [2.75, 3.05) is 18.9 Å². The largest absolute Gasteiger partial charge is 0.464 e. The zero-order valence-corrected chi connectivity index (χ0v) is 13.4. The molecule has 130 valence electrons. The van der Waals surface area contributed by atoms with Crippen molar-refractivity contribution >= 4 is 29.3 Å². The van der Waals surface area contributed by atoms with Crippen LogP contribution in [0.5, 0.6) is 0 Å². The number of hydrogen-bond donors (Lipinski definition) is 3. The maximum atomic E-state index is 11.8. The lowest BCUT2D eigenvalue weighted by Gasteiger charge is -2.13. The number of carbonyl (C=O) groups excluding carboxylic acids is 1. The molecule has 4 N–H and O–H groups in total. The van der Waals surface area contributed by atoms with Gasteiger partial charge in [0.25, 0.3) is 5.56 Å². The van der Waals surface area contributed by atoms with Crippen molar-refractivity contribution in [1.82, 2.24) is 19.5 Å². The first-order chi connectivity index (χ1) is 11.4. The molecule has 0 aliphatic heterocycles. The molecule has 1 unspecified atom stereocenters. The van der Waals surface area contributed by atoms with Crippen molar-refractivity contribution in [2.24, 2.45) is 11.3 Å². The standard InChI is InChI=1S/C15H19N5O4.H2/c1-8(2)13(23)24-6-15(5-21)3-9(15)4-20-7-17-10-11(20)18-14(16)19-12(10)22;/h4,7-8,21H,3,5-6H2,1-2H3,(H3,16,18,19,22);1H/b9-4-;. The lowest BCUT2D eigenvalue weighted by atomic mass is 10.1. The summed E-state index contributed by atoms with van der Waals surface area (Å²) in [6, 6.07) is 0. The average molecular weight is 335 g/mol. The summed E-state index contributed by atoms with van der Waals surface area (Å²) in [7, 11) is 0. The van der Waals surface area contributed by atoms with Gasteiger partial charge in [0.05, 0.1) is 17.9 Å². The van der Waals surface area contributed by atoms with Crippen molar-refractivity contribution in [3.8, 4) is 0 Å². The number of aliphatic hydroxyl groups excluding tert-OH is 1. The fraction of sp³-hybridized carbons (Fsp3) is 0.467. The molecule has 24 heavy (non-hydrogen) atoms. The van der Waals surface area contributed by atoms with E-state index in [2.05, 4.69) is 15.0 Å². The summed E-state index contributed by atoms with van der Waals surface area (Å²) in [5.74, 6) is -0.519. The minimum atomic E-state index is -0.576. The molecule has 2 aromatic rings. The van der Waals surface area contributed by atoms with Gasteiger partial charge >= 0.3 is 5.97 Å². The number of aromatic nitrogens is 4. The van der Waals surface area contributed by atoms with E-state index < -0.39 is 11.0 Å². The van der Waals surface area contributed by atoms with Gasteiger partial charge in [-0.3, -0.25) is 19.1 Å². The Morgan fingerprint density at radius 3 is 3.08 bits per heavy atom. The highest BCUT2D eigenvalue weighted by molar-refractivity contribution is 5.74. The first-order valence-electron chi connectivity index (χ1n) is 7.57. The summed E-state index contributed by atoms with van der Waals surface area (Å²) in [5, 5.41) is 9.66. The molecule has 1 atom stereocenters. The number of aliphatic hydroxyl groups is 1. The lowest BCUT2D eigenvalue weighted by Crippen LogP contribution is -2.21. The van der Waals surface area contributed by atoms with Crippen LogP contribution in [0.1, 0.15) is 21.7 Å². The van der Waals surface area contributed by atoms with Crippen LogP contribution < -0.4 is 11.3 Å². The number of imidazole rings is 1. The monoisotopic (exact) mass is 335 g/mol. The molecule has 0 saturated heterocycles. The van der Waals surface area contributed by atoms with E-state index in [1.807, 2.05) is 0 Å². The number of nitrogen functional groups attached to an aromatic ring is 1. The second kappa shape index (κ2) is 5.75. The number of rotatable bonds is 5. The fourth-order valence-electron chi connectivity index (χ4n) is 2.43. The van der Waals surface area contributed by atoms with Gasteiger partial charge in [-0.05, 0) is 12.0 Å². The van der Waals surface area contributed by atoms with Gasteiger partial charge in [0.2, 0.25) is 5.95 Å². The first-order valence-corrected chi connectivity index (χ1v) is 7.57. The van der Waals surface area contributed by atoms with Crippen molar-refractivity contribution in [3.05, 3.63) is 22.3 Å². The normalized spacial score (nSPS) is 21.6. The van der Waals surface area contributed by atoms with Crippen LogP contribution in [0, 0.1) is 11.3 Å². The minimum absolute atomic E-state index is 0. The minimum Gasteiger partial charge on any atom is -0.464 e. The lowest BCUT2D eigenvalue weighted by molar-refractivity contribution is -0.149. The number of anilines is 1. The zero-order valence-electron chi connectivity index (χ0n) is 13.4. The zero-order chi connectivity index (χ0) is 17.5. The second-order valence-corrected chi connectivity index (χ2v) is 6.31. The highest BCUT2D eigenvalue weighted by Crippen LogP contribution is 2.52. The van der Waals surface area contributed by atoms with E-state index >= 15 is 0 Å². The summed E-state index contributed by atoms with van der Waals surface area (Å²) >= 11 is 0. The van der Waals surface area contributed by atoms with Crippen LogP contribution >= 0.6 is 0 Å². The highest BCUT2D eigenvalue weighted by atomic mass is 16.5. The maximum absolute atomic E-state index is 11.8. The Hall–Kier alpha value is -2.68. The maximum Gasteiger partial charge on any atom is 0.308 e. The number of esters is 1. The van der Waals surface area contributed by atoms with E-state index in [0.717, 1.165) is 5.57 Å². The topological polar surface area (TPSA) is 136 Å². The number of hydrogen-bond acceptors (Lipinski definition) is 7. The number of H-pyrrole nitrogens is 1. The van der Waals surface area contributed by atoms with E-state index in [0.29, 0.717) is 12.1 Å². The summed E-state index contributed by atoms with van der Waals surface area (Å²) in [5.41, 5.74) is 5.98. The molecular formula is C15H21N5O4. The van der Waals surface area contributed by atoms with Gasteiger partial charge < -0.3 is 15.6 Å². The van der Waals surface area contributed by atoms with E-state index in [4.69, 9.17) is 10.5 Å². The molecule has 0 radical (unpaired) electrons. The third kappa shape index (κ3) is 2.78. The molecule has 3 rings (SSSR count). The van der Waals surface area contributed by atoms with Gasteiger partial charge in [-0.2, -0.15) is 4.98 Å². The number of carbonyl (C=O) groups is 1. The van der Waals surface area contributed by atoms with Crippen LogP contribution in [0.15, 0.2) is 16.7 Å². The van der Waals surface area contributed by atoms with Crippen molar-refractivity contribution in [1.29, 1.82) is 0 Å². The van der Waals surface area contributed by atoms with Gasteiger partial charge in [-0.1, -0.05) is 13.8 Å². The number of aromatic amines is 1. The fourth-order valence-corrected chi connectivity index (χ4v) is 2.43. The number of fused-ring (bicyclic) bond motifs is 1. The first kappa shape index (κ1) is 16.2. The van der Waals surface area contributed by atoms with Crippen molar-refractivity contribution < 1.29 is 16.1 Å². The van der Waals surface area contributed by atoms with Gasteiger partial charge in [0, 0.05) is 7.63 Å². The Bertz CT molecular complexity index is 888. The van der Waals surface area contributed by atoms with Crippen molar-refractivity contribution in [3.63, 3.8) is 0 Å².